The molecule has 0 aromatic rings. The first-order valence-electron chi connectivity index (χ1n) is 7.35. The molecular formula is C15H24O4. The van der Waals surface area contributed by atoms with Crippen LogP contribution in [0.3, 0.4) is 0 Å². The Hall–Kier alpha value is -0.450. The van der Waals surface area contributed by atoms with E-state index in [0.717, 1.165) is 25.7 Å². The van der Waals surface area contributed by atoms with Gasteiger partial charge in [0.2, 0.25) is 0 Å². The van der Waals surface area contributed by atoms with Crippen molar-refractivity contribution in [1.82, 2.24) is 0 Å². The van der Waals surface area contributed by atoms with Gasteiger partial charge in [0.15, 0.2) is 0 Å². The third kappa shape index (κ3) is 1.80. The number of aliphatic hydroxyl groups excluding tert-OH is 1. The zero-order valence-corrected chi connectivity index (χ0v) is 11.9. The van der Waals surface area contributed by atoms with E-state index in [-0.39, 0.29) is 17.3 Å². The summed E-state index contributed by atoms with van der Waals surface area (Å²) in [6.45, 7) is 2.24. The monoisotopic (exact) mass is 268 g/mol. The van der Waals surface area contributed by atoms with E-state index in [1.165, 1.54) is 0 Å². The van der Waals surface area contributed by atoms with Gasteiger partial charge in [-0.05, 0) is 31.6 Å². The zero-order chi connectivity index (χ0) is 13.7. The fourth-order valence-corrected chi connectivity index (χ4v) is 4.85. The van der Waals surface area contributed by atoms with Crippen LogP contribution >= 0.6 is 0 Å². The summed E-state index contributed by atoms with van der Waals surface area (Å²) in [6.07, 6.45) is 5.00. The Bertz CT molecular complexity index is 382. The molecule has 3 aliphatic carbocycles. The summed E-state index contributed by atoms with van der Waals surface area (Å²) in [6, 6.07) is 0. The number of aliphatic hydroxyl groups is 1. The van der Waals surface area contributed by atoms with Crippen molar-refractivity contribution in [1.29, 1.82) is 0 Å². The van der Waals surface area contributed by atoms with E-state index in [1.54, 1.807) is 7.11 Å². The first-order valence-corrected chi connectivity index (χ1v) is 7.35. The third-order valence-electron chi connectivity index (χ3n) is 5.93. The summed E-state index contributed by atoms with van der Waals surface area (Å²) in [5.41, 5.74) is -0.540. The molecule has 1 N–H and O–H groups in total. The lowest BCUT2D eigenvalue weighted by Gasteiger charge is -2.50. The molecule has 3 saturated carbocycles. The van der Waals surface area contributed by atoms with Crippen LogP contribution in [0.25, 0.3) is 0 Å². The minimum absolute atomic E-state index is 0.00113. The van der Waals surface area contributed by atoms with Crippen molar-refractivity contribution in [2.24, 2.45) is 16.7 Å². The predicted molar refractivity (Wildman–Crippen MR) is 69.5 cm³/mol. The highest BCUT2D eigenvalue weighted by Crippen LogP contribution is 2.64. The molecule has 0 aromatic carbocycles. The first kappa shape index (κ1) is 13.5. The Morgan fingerprint density at radius 2 is 2.21 bits per heavy atom. The molecule has 4 nitrogen and oxygen atoms in total. The van der Waals surface area contributed by atoms with Gasteiger partial charge in [-0.25, -0.2) is 0 Å². The topological polar surface area (TPSA) is 55.8 Å². The van der Waals surface area contributed by atoms with Gasteiger partial charge in [0.05, 0.1) is 17.6 Å². The van der Waals surface area contributed by atoms with Crippen LogP contribution in [0.5, 0.6) is 0 Å². The van der Waals surface area contributed by atoms with Gasteiger partial charge in [-0.1, -0.05) is 13.3 Å². The van der Waals surface area contributed by atoms with Crippen molar-refractivity contribution in [3.8, 4) is 0 Å². The first-order chi connectivity index (χ1) is 9.03. The van der Waals surface area contributed by atoms with Crippen LogP contribution < -0.4 is 0 Å². The summed E-state index contributed by atoms with van der Waals surface area (Å²) >= 11 is 0. The second kappa shape index (κ2) is 4.54. The fraction of sp³-hybridized carbons (Fsp3) is 0.933. The van der Waals surface area contributed by atoms with Crippen LogP contribution in [0.4, 0.5) is 0 Å². The number of rotatable bonds is 3. The molecule has 0 saturated heterocycles. The molecule has 3 aliphatic rings. The highest BCUT2D eigenvalue weighted by atomic mass is 16.7. The predicted octanol–water partition coefficient (Wildman–Crippen LogP) is 1.90. The lowest BCUT2D eigenvalue weighted by Crippen LogP contribution is -2.50. The number of hydrogen-bond acceptors (Lipinski definition) is 4. The van der Waals surface area contributed by atoms with Crippen LogP contribution in [-0.2, 0) is 14.3 Å². The van der Waals surface area contributed by atoms with Gasteiger partial charge in [-0.3, -0.25) is 4.79 Å². The quantitative estimate of drug-likeness (QED) is 0.794. The van der Waals surface area contributed by atoms with Crippen molar-refractivity contribution in [3.05, 3.63) is 0 Å². The van der Waals surface area contributed by atoms with Crippen LogP contribution in [0, 0.1) is 16.7 Å². The molecule has 0 radical (unpaired) electrons. The molecule has 0 aliphatic heterocycles. The second-order valence-corrected chi connectivity index (χ2v) is 6.86. The molecule has 108 valence electrons. The van der Waals surface area contributed by atoms with Gasteiger partial charge in [-0.15, -0.1) is 0 Å². The minimum Gasteiger partial charge on any atom is -0.392 e. The van der Waals surface area contributed by atoms with Gasteiger partial charge in [0, 0.05) is 18.9 Å². The summed E-state index contributed by atoms with van der Waals surface area (Å²) in [5.74, 6) is 0.645. The van der Waals surface area contributed by atoms with Crippen molar-refractivity contribution >= 4 is 5.78 Å². The third-order valence-corrected chi connectivity index (χ3v) is 5.93. The van der Waals surface area contributed by atoms with Crippen LogP contribution in [-0.4, -0.2) is 37.0 Å². The van der Waals surface area contributed by atoms with Gasteiger partial charge in [0.25, 0.3) is 0 Å². The lowest BCUT2D eigenvalue weighted by molar-refractivity contribution is -0.166. The summed E-state index contributed by atoms with van der Waals surface area (Å²) in [5, 5.41) is 10.4. The number of hydrogen-bond donors (Lipinski definition) is 1. The highest BCUT2D eigenvalue weighted by Gasteiger charge is 2.65. The normalized spacial score (nSPS) is 49.2. The smallest absolute Gasteiger partial charge is 0.146 e. The lowest BCUT2D eigenvalue weighted by atomic mass is 9.56. The van der Waals surface area contributed by atoms with Crippen LogP contribution in [0.1, 0.15) is 45.4 Å². The summed E-state index contributed by atoms with van der Waals surface area (Å²) in [7, 11) is 1.63. The van der Waals surface area contributed by atoms with Crippen LogP contribution in [0.2, 0.25) is 0 Å². The maximum Gasteiger partial charge on any atom is 0.146 e. The SMILES string of the molecule is COCO[C@H]1CCC[C@H]2CC(=O)[C@]3(C)C[C@@]21CC3O. The van der Waals surface area contributed by atoms with E-state index in [2.05, 4.69) is 0 Å². The van der Waals surface area contributed by atoms with Gasteiger partial charge in [-0.2, -0.15) is 0 Å². The van der Waals surface area contributed by atoms with E-state index in [1.807, 2.05) is 6.92 Å². The molecular weight excluding hydrogens is 244 g/mol. The van der Waals surface area contributed by atoms with Crippen molar-refractivity contribution in [3.63, 3.8) is 0 Å². The average molecular weight is 268 g/mol. The Morgan fingerprint density at radius 3 is 2.95 bits per heavy atom. The van der Waals surface area contributed by atoms with Gasteiger partial charge >= 0.3 is 0 Å². The molecule has 19 heavy (non-hydrogen) atoms. The number of carbonyl (C=O) groups excluding carboxylic acids is 1. The molecule has 3 rings (SSSR count). The summed E-state index contributed by atoms with van der Waals surface area (Å²) < 4.78 is 11.0. The Labute approximate surface area is 114 Å². The fourth-order valence-electron chi connectivity index (χ4n) is 4.85. The molecule has 0 heterocycles. The number of fused-ring (bicyclic) bond motifs is 1. The van der Waals surface area contributed by atoms with Crippen molar-refractivity contribution in [2.75, 3.05) is 13.9 Å². The number of methoxy groups -OCH3 is 1. The molecule has 2 bridgehead atoms. The van der Waals surface area contributed by atoms with E-state index < -0.39 is 11.5 Å². The largest absolute Gasteiger partial charge is 0.392 e. The number of Topliss-reactive ketones (excluding diaryl/α,β-unsaturated/α-hetero) is 1. The van der Waals surface area contributed by atoms with Crippen LogP contribution in [0.15, 0.2) is 0 Å². The number of carbonyl (C=O) groups is 1. The molecule has 1 spiro atoms. The Balaban J connectivity index is 1.91. The second-order valence-electron chi connectivity index (χ2n) is 6.86. The number of ether oxygens (including phenoxy) is 2. The van der Waals surface area contributed by atoms with Gasteiger partial charge < -0.3 is 14.6 Å². The summed E-state index contributed by atoms with van der Waals surface area (Å²) in [4.78, 5) is 12.3. The standard InChI is InChI=1S/C15H24O4/c1-14-8-15(7-12(14)17)10(6-11(14)16)4-3-5-13(15)19-9-18-2/h10,12-13,17H,3-9H2,1-2H3/t10-,12?,13-,14-,15-/m0/s1. The van der Waals surface area contributed by atoms with E-state index >= 15 is 0 Å². The minimum atomic E-state index is -0.539. The van der Waals surface area contributed by atoms with E-state index in [4.69, 9.17) is 9.47 Å². The molecule has 0 amide bonds. The molecule has 4 heteroatoms. The zero-order valence-electron chi connectivity index (χ0n) is 11.9. The molecule has 3 fully saturated rings. The molecule has 5 atom stereocenters. The highest BCUT2D eigenvalue weighted by molar-refractivity contribution is 5.87. The maximum absolute atomic E-state index is 12.3. The van der Waals surface area contributed by atoms with E-state index in [9.17, 15) is 9.90 Å². The molecule has 0 aromatic heterocycles. The van der Waals surface area contributed by atoms with Crippen molar-refractivity contribution in [2.45, 2.75) is 57.7 Å². The average Bonchev–Trinajstić information content (AvgIpc) is 2.61. The molecule has 1 unspecified atom stereocenters. The maximum atomic E-state index is 12.3. The van der Waals surface area contributed by atoms with Gasteiger partial charge in [0.1, 0.15) is 12.6 Å². The van der Waals surface area contributed by atoms with E-state index in [0.29, 0.717) is 25.6 Å². The number of ketones is 1. The Morgan fingerprint density at radius 1 is 1.42 bits per heavy atom. The van der Waals surface area contributed by atoms with Crippen molar-refractivity contribution < 1.29 is 19.4 Å². The Kier molecular flexibility index (Phi) is 3.23.